The zero-order chi connectivity index (χ0) is 12.8. The van der Waals surface area contributed by atoms with Crippen LogP contribution in [0.5, 0.6) is 0 Å². The molecule has 18 heavy (non-hydrogen) atoms. The van der Waals surface area contributed by atoms with Crippen LogP contribution < -0.4 is 5.32 Å². The molecule has 1 atom stereocenters. The van der Waals surface area contributed by atoms with Gasteiger partial charge in [0, 0.05) is 42.7 Å². The van der Waals surface area contributed by atoms with Crippen molar-refractivity contribution in [3.63, 3.8) is 0 Å². The lowest BCUT2D eigenvalue weighted by atomic mass is 10.1. The average Bonchev–Trinajstić information content (AvgIpc) is 2.86. The summed E-state index contributed by atoms with van der Waals surface area (Å²) in [6.45, 7) is 2.98. The molecule has 2 aromatic rings. The molecule has 0 saturated heterocycles. The highest BCUT2D eigenvalue weighted by Gasteiger charge is 2.08. The van der Waals surface area contributed by atoms with Crippen molar-refractivity contribution in [3.8, 4) is 11.3 Å². The highest BCUT2D eigenvalue weighted by atomic mass is 16.3. The number of aliphatic hydroxyl groups excluding tert-OH is 1. The molecule has 0 saturated carbocycles. The monoisotopic (exact) mass is 246 g/mol. The predicted molar refractivity (Wildman–Crippen MR) is 69.8 cm³/mol. The molecule has 5 nitrogen and oxygen atoms in total. The molecule has 2 heterocycles. The minimum Gasteiger partial charge on any atom is -0.396 e. The fourth-order valence-corrected chi connectivity index (χ4v) is 1.79. The number of aromatic amines is 1. The zero-order valence-electron chi connectivity index (χ0n) is 10.4. The van der Waals surface area contributed by atoms with Gasteiger partial charge in [-0.25, -0.2) is 0 Å². The van der Waals surface area contributed by atoms with Crippen LogP contribution in [0.2, 0.25) is 0 Å². The molecule has 0 amide bonds. The number of rotatable bonds is 6. The van der Waals surface area contributed by atoms with E-state index in [2.05, 4.69) is 27.4 Å². The number of aliphatic hydroxyl groups is 1. The third-order valence-corrected chi connectivity index (χ3v) is 2.87. The summed E-state index contributed by atoms with van der Waals surface area (Å²) in [6, 6.07) is 4.19. The fraction of sp³-hybridized carbons (Fsp3) is 0.385. The van der Waals surface area contributed by atoms with E-state index < -0.39 is 0 Å². The average molecular weight is 246 g/mol. The molecule has 0 bridgehead atoms. The Morgan fingerprint density at radius 2 is 2.33 bits per heavy atom. The van der Waals surface area contributed by atoms with Crippen molar-refractivity contribution in [1.29, 1.82) is 0 Å². The molecule has 0 spiro atoms. The standard InChI is InChI=1S/C13H18N4O/c1-10(4-6-18)15-8-12-9-16-17-13(12)11-3-2-5-14-7-11/h2-3,5,7,9-10,15,18H,4,6,8H2,1H3,(H,16,17)/t10-/m1/s1. The first-order valence-electron chi connectivity index (χ1n) is 6.08. The van der Waals surface area contributed by atoms with Gasteiger partial charge in [-0.05, 0) is 25.5 Å². The molecular formula is C13H18N4O. The van der Waals surface area contributed by atoms with Crippen LogP contribution in [-0.4, -0.2) is 32.9 Å². The number of hydrogen-bond donors (Lipinski definition) is 3. The normalized spacial score (nSPS) is 12.6. The topological polar surface area (TPSA) is 73.8 Å². The molecule has 5 heteroatoms. The fourth-order valence-electron chi connectivity index (χ4n) is 1.79. The van der Waals surface area contributed by atoms with Crippen LogP contribution in [0.15, 0.2) is 30.7 Å². The molecule has 96 valence electrons. The van der Waals surface area contributed by atoms with Crippen LogP contribution in [0.4, 0.5) is 0 Å². The predicted octanol–water partition coefficient (Wildman–Crippen LogP) is 1.33. The molecular weight excluding hydrogens is 228 g/mol. The van der Waals surface area contributed by atoms with Gasteiger partial charge in [-0.2, -0.15) is 5.10 Å². The molecule has 3 N–H and O–H groups in total. The highest BCUT2D eigenvalue weighted by Crippen LogP contribution is 2.19. The van der Waals surface area contributed by atoms with Crippen molar-refractivity contribution in [2.75, 3.05) is 6.61 Å². The van der Waals surface area contributed by atoms with Crippen LogP contribution >= 0.6 is 0 Å². The number of H-pyrrole nitrogens is 1. The summed E-state index contributed by atoms with van der Waals surface area (Å²) in [5.74, 6) is 0. The zero-order valence-corrected chi connectivity index (χ0v) is 10.4. The van der Waals surface area contributed by atoms with Gasteiger partial charge in [-0.15, -0.1) is 0 Å². The van der Waals surface area contributed by atoms with E-state index in [1.165, 1.54) is 0 Å². The Morgan fingerprint density at radius 3 is 3.06 bits per heavy atom. The number of nitrogens with one attached hydrogen (secondary N) is 2. The van der Waals surface area contributed by atoms with E-state index >= 15 is 0 Å². The summed E-state index contributed by atoms with van der Waals surface area (Å²) in [6.07, 6.45) is 6.14. The maximum Gasteiger partial charge on any atom is 0.0710 e. The van der Waals surface area contributed by atoms with Gasteiger partial charge in [0.25, 0.3) is 0 Å². The molecule has 0 aliphatic heterocycles. The summed E-state index contributed by atoms with van der Waals surface area (Å²) in [5, 5.41) is 19.3. The summed E-state index contributed by atoms with van der Waals surface area (Å²) < 4.78 is 0. The molecule has 0 unspecified atom stereocenters. The quantitative estimate of drug-likeness (QED) is 0.719. The summed E-state index contributed by atoms with van der Waals surface area (Å²) in [4.78, 5) is 4.11. The van der Waals surface area contributed by atoms with Gasteiger partial charge in [0.2, 0.25) is 0 Å². The van der Waals surface area contributed by atoms with Crippen LogP contribution in [0.25, 0.3) is 11.3 Å². The Kier molecular flexibility index (Phi) is 4.44. The number of pyridine rings is 1. The first-order valence-corrected chi connectivity index (χ1v) is 6.08. The summed E-state index contributed by atoms with van der Waals surface area (Å²) in [7, 11) is 0. The first-order chi connectivity index (χ1) is 8.81. The van der Waals surface area contributed by atoms with Gasteiger partial charge in [0.1, 0.15) is 0 Å². The molecule has 0 aliphatic rings. The van der Waals surface area contributed by atoms with Gasteiger partial charge in [-0.1, -0.05) is 0 Å². The van der Waals surface area contributed by atoms with Gasteiger partial charge < -0.3 is 10.4 Å². The van der Waals surface area contributed by atoms with Crippen molar-refractivity contribution in [1.82, 2.24) is 20.5 Å². The third kappa shape index (κ3) is 3.15. The van der Waals surface area contributed by atoms with E-state index in [-0.39, 0.29) is 12.6 Å². The maximum absolute atomic E-state index is 8.86. The van der Waals surface area contributed by atoms with Crippen molar-refractivity contribution in [3.05, 3.63) is 36.3 Å². The Balaban J connectivity index is 2.05. The molecule has 0 aromatic carbocycles. The molecule has 0 aliphatic carbocycles. The second-order valence-corrected chi connectivity index (χ2v) is 4.31. The summed E-state index contributed by atoms with van der Waals surface area (Å²) >= 11 is 0. The molecule has 0 radical (unpaired) electrons. The number of nitrogens with zero attached hydrogens (tertiary/aromatic N) is 2. The number of aromatic nitrogens is 3. The Hall–Kier alpha value is -1.72. The van der Waals surface area contributed by atoms with Crippen LogP contribution in [0, 0.1) is 0 Å². The van der Waals surface area contributed by atoms with Crippen molar-refractivity contribution in [2.45, 2.75) is 25.9 Å². The first kappa shape index (κ1) is 12.7. The largest absolute Gasteiger partial charge is 0.396 e. The lowest BCUT2D eigenvalue weighted by molar-refractivity contribution is 0.268. The van der Waals surface area contributed by atoms with Gasteiger partial charge in [0.15, 0.2) is 0 Å². The van der Waals surface area contributed by atoms with E-state index in [1.54, 1.807) is 6.20 Å². The van der Waals surface area contributed by atoms with Gasteiger partial charge >= 0.3 is 0 Å². The van der Waals surface area contributed by atoms with E-state index in [1.807, 2.05) is 24.5 Å². The Bertz CT molecular complexity index is 469. The summed E-state index contributed by atoms with van der Waals surface area (Å²) in [5.41, 5.74) is 3.13. The van der Waals surface area contributed by atoms with E-state index in [0.29, 0.717) is 0 Å². The maximum atomic E-state index is 8.86. The van der Waals surface area contributed by atoms with Gasteiger partial charge in [-0.3, -0.25) is 10.1 Å². The smallest absolute Gasteiger partial charge is 0.0710 e. The van der Waals surface area contributed by atoms with Crippen molar-refractivity contribution >= 4 is 0 Å². The van der Waals surface area contributed by atoms with Crippen molar-refractivity contribution < 1.29 is 5.11 Å². The van der Waals surface area contributed by atoms with Crippen LogP contribution in [0.1, 0.15) is 18.9 Å². The SMILES string of the molecule is C[C@H](CCO)NCc1cn[nH]c1-c1cccnc1. The Morgan fingerprint density at radius 1 is 1.44 bits per heavy atom. The minimum absolute atomic E-state index is 0.203. The molecule has 0 fully saturated rings. The van der Waals surface area contributed by atoms with E-state index in [9.17, 15) is 0 Å². The van der Waals surface area contributed by atoms with Crippen molar-refractivity contribution in [2.24, 2.45) is 0 Å². The van der Waals surface area contributed by atoms with Crippen LogP contribution in [0.3, 0.4) is 0 Å². The van der Waals surface area contributed by atoms with Gasteiger partial charge in [0.05, 0.1) is 11.9 Å². The van der Waals surface area contributed by atoms with E-state index in [4.69, 9.17) is 5.11 Å². The van der Waals surface area contributed by atoms with Crippen LogP contribution in [-0.2, 0) is 6.54 Å². The molecule has 2 rings (SSSR count). The Labute approximate surface area is 106 Å². The van der Waals surface area contributed by atoms with E-state index in [0.717, 1.165) is 29.8 Å². The lowest BCUT2D eigenvalue weighted by Gasteiger charge is -2.12. The third-order valence-electron chi connectivity index (χ3n) is 2.87. The lowest BCUT2D eigenvalue weighted by Crippen LogP contribution is -2.26. The molecule has 2 aromatic heterocycles. The highest BCUT2D eigenvalue weighted by molar-refractivity contribution is 5.61. The minimum atomic E-state index is 0.203. The second kappa shape index (κ2) is 6.28. The second-order valence-electron chi connectivity index (χ2n) is 4.31. The number of hydrogen-bond acceptors (Lipinski definition) is 4.